The maximum Gasteiger partial charge on any atom is 0.250 e. The number of aromatic nitrogens is 2. The van der Waals surface area contributed by atoms with E-state index in [1.54, 1.807) is 25.3 Å². The van der Waals surface area contributed by atoms with Gasteiger partial charge in [0.05, 0.1) is 30.9 Å². The summed E-state index contributed by atoms with van der Waals surface area (Å²) < 4.78 is 35.4. The van der Waals surface area contributed by atoms with Gasteiger partial charge in [-0.2, -0.15) is 0 Å². The predicted octanol–water partition coefficient (Wildman–Crippen LogP) is 5.23. The molecule has 1 fully saturated rings. The van der Waals surface area contributed by atoms with Crippen LogP contribution in [0.15, 0.2) is 54.5 Å². The van der Waals surface area contributed by atoms with Gasteiger partial charge in [0, 0.05) is 23.9 Å². The van der Waals surface area contributed by atoms with E-state index in [2.05, 4.69) is 4.98 Å². The maximum absolute atomic E-state index is 14.3. The summed E-state index contributed by atoms with van der Waals surface area (Å²) in [5, 5.41) is 0. The fraction of sp³-hybridized carbons (Fsp3) is 0.280. The normalized spacial score (nSPS) is 16.5. The lowest BCUT2D eigenvalue weighted by molar-refractivity contribution is -0.130. The summed E-state index contributed by atoms with van der Waals surface area (Å²) in [5.74, 6) is -1.32. The van der Waals surface area contributed by atoms with Crippen LogP contribution in [0, 0.1) is 18.6 Å². The van der Waals surface area contributed by atoms with E-state index in [9.17, 15) is 13.6 Å². The molecule has 0 saturated carbocycles. The zero-order valence-electron chi connectivity index (χ0n) is 18.3. The largest absolute Gasteiger partial charge is 0.495 e. The van der Waals surface area contributed by atoms with Crippen molar-refractivity contribution in [2.45, 2.75) is 32.7 Å². The van der Waals surface area contributed by atoms with Crippen molar-refractivity contribution >= 4 is 12.0 Å². The van der Waals surface area contributed by atoms with Gasteiger partial charge in [-0.25, -0.2) is 13.8 Å². The number of hydrogen-bond donors (Lipinski definition) is 0. The van der Waals surface area contributed by atoms with Crippen molar-refractivity contribution in [3.05, 3.63) is 83.0 Å². The molecule has 1 amide bonds. The third-order valence-corrected chi connectivity index (χ3v) is 5.81. The van der Waals surface area contributed by atoms with Gasteiger partial charge in [0.2, 0.25) is 5.91 Å². The standard InChI is InChI=1S/C25H25F2N3O2/c1-16-14-29(15-28-16)22-10-9-18(13-23(22)32-3)12-19-6-5-11-30(25(19)31)17(2)20-7-4-8-21(26)24(20)27/h4,7-10,12-15,17H,5-6,11H2,1-3H3/b19-12+/t17-/m1/s1. The number of benzene rings is 2. The Balaban J connectivity index is 1.61. The molecule has 0 bridgehead atoms. The van der Waals surface area contributed by atoms with E-state index >= 15 is 0 Å². The Morgan fingerprint density at radius 3 is 2.75 bits per heavy atom. The van der Waals surface area contributed by atoms with Crippen molar-refractivity contribution in [1.29, 1.82) is 0 Å². The molecule has 5 nitrogen and oxygen atoms in total. The molecule has 1 aromatic heterocycles. The second-order valence-electron chi connectivity index (χ2n) is 7.94. The van der Waals surface area contributed by atoms with Crippen LogP contribution in [0.25, 0.3) is 11.8 Å². The van der Waals surface area contributed by atoms with Gasteiger partial charge in [-0.3, -0.25) is 4.79 Å². The molecule has 0 aliphatic carbocycles. The number of methoxy groups -OCH3 is 1. The smallest absolute Gasteiger partial charge is 0.250 e. The molecule has 0 spiro atoms. The van der Waals surface area contributed by atoms with Crippen LogP contribution in [0.2, 0.25) is 0 Å². The third-order valence-electron chi connectivity index (χ3n) is 5.81. The van der Waals surface area contributed by atoms with Crippen LogP contribution < -0.4 is 4.74 Å². The second-order valence-corrected chi connectivity index (χ2v) is 7.94. The molecule has 2 heterocycles. The van der Waals surface area contributed by atoms with Crippen molar-refractivity contribution in [1.82, 2.24) is 14.5 Å². The molecule has 2 aromatic carbocycles. The average molecular weight is 437 g/mol. The molecule has 166 valence electrons. The number of piperidine rings is 1. The predicted molar refractivity (Wildman–Crippen MR) is 119 cm³/mol. The highest BCUT2D eigenvalue weighted by molar-refractivity contribution is 5.98. The van der Waals surface area contributed by atoms with E-state index in [1.807, 2.05) is 42.0 Å². The number of amides is 1. The monoisotopic (exact) mass is 437 g/mol. The number of likely N-dealkylation sites (tertiary alicyclic amines) is 1. The lowest BCUT2D eigenvalue weighted by atomic mass is 9.97. The summed E-state index contributed by atoms with van der Waals surface area (Å²) in [6.45, 7) is 4.14. The first-order chi connectivity index (χ1) is 15.4. The summed E-state index contributed by atoms with van der Waals surface area (Å²) in [5.41, 5.74) is 3.39. The van der Waals surface area contributed by atoms with Crippen LogP contribution in [0.5, 0.6) is 5.75 Å². The van der Waals surface area contributed by atoms with Crippen LogP contribution in [0.1, 0.15) is 42.6 Å². The zero-order valence-corrected chi connectivity index (χ0v) is 18.3. The Morgan fingerprint density at radius 1 is 1.22 bits per heavy atom. The number of aryl methyl sites for hydroxylation is 1. The molecular formula is C25H25F2N3O2. The average Bonchev–Trinajstić information content (AvgIpc) is 3.22. The third kappa shape index (κ3) is 4.15. The van der Waals surface area contributed by atoms with Gasteiger partial charge in [0.25, 0.3) is 0 Å². The molecule has 0 N–H and O–H groups in total. The minimum absolute atomic E-state index is 0.166. The summed E-state index contributed by atoms with van der Waals surface area (Å²) >= 11 is 0. The van der Waals surface area contributed by atoms with E-state index in [-0.39, 0.29) is 11.5 Å². The van der Waals surface area contributed by atoms with Crippen molar-refractivity contribution in [3.8, 4) is 11.4 Å². The number of carbonyl (C=O) groups excluding carboxylic acids is 1. The summed E-state index contributed by atoms with van der Waals surface area (Å²) in [6.07, 6.45) is 6.85. The molecule has 1 aliphatic heterocycles. The van der Waals surface area contributed by atoms with E-state index in [4.69, 9.17) is 4.74 Å². The maximum atomic E-state index is 14.3. The van der Waals surface area contributed by atoms with Gasteiger partial charge in [0.1, 0.15) is 5.75 Å². The second kappa shape index (κ2) is 8.94. The van der Waals surface area contributed by atoms with Gasteiger partial charge in [-0.1, -0.05) is 18.2 Å². The molecule has 1 aliphatic rings. The SMILES string of the molecule is COc1cc(/C=C2\CCCN([C@H](C)c3cccc(F)c3F)C2=O)ccc1-n1cnc(C)c1. The first-order valence-corrected chi connectivity index (χ1v) is 10.5. The molecular weight excluding hydrogens is 412 g/mol. The molecule has 1 atom stereocenters. The van der Waals surface area contributed by atoms with Crippen LogP contribution in [0.4, 0.5) is 8.78 Å². The van der Waals surface area contributed by atoms with E-state index in [1.165, 1.54) is 12.1 Å². The molecule has 7 heteroatoms. The molecule has 0 radical (unpaired) electrons. The number of carbonyl (C=O) groups is 1. The van der Waals surface area contributed by atoms with Crippen molar-refractivity contribution < 1.29 is 18.3 Å². The first-order valence-electron chi connectivity index (χ1n) is 10.5. The topological polar surface area (TPSA) is 47.4 Å². The van der Waals surface area contributed by atoms with Crippen LogP contribution in [-0.4, -0.2) is 34.0 Å². The van der Waals surface area contributed by atoms with Crippen molar-refractivity contribution in [2.24, 2.45) is 0 Å². The molecule has 32 heavy (non-hydrogen) atoms. The lowest BCUT2D eigenvalue weighted by Crippen LogP contribution is -2.39. The Kier molecular flexibility index (Phi) is 6.08. The molecule has 1 saturated heterocycles. The van der Waals surface area contributed by atoms with Gasteiger partial charge in [0.15, 0.2) is 11.6 Å². The minimum atomic E-state index is -0.908. The summed E-state index contributed by atoms with van der Waals surface area (Å²) in [7, 11) is 1.60. The lowest BCUT2D eigenvalue weighted by Gasteiger charge is -2.34. The molecule has 3 aromatic rings. The van der Waals surface area contributed by atoms with E-state index < -0.39 is 17.7 Å². The quantitative estimate of drug-likeness (QED) is 0.513. The fourth-order valence-corrected chi connectivity index (χ4v) is 4.10. The Bertz CT molecular complexity index is 1190. The number of nitrogens with zero attached hydrogens (tertiary/aromatic N) is 3. The van der Waals surface area contributed by atoms with Crippen molar-refractivity contribution in [3.63, 3.8) is 0 Å². The Morgan fingerprint density at radius 2 is 2.03 bits per heavy atom. The van der Waals surface area contributed by atoms with E-state index in [0.717, 1.165) is 29.4 Å². The van der Waals surface area contributed by atoms with Crippen LogP contribution in [-0.2, 0) is 4.79 Å². The van der Waals surface area contributed by atoms with Gasteiger partial charge in [-0.15, -0.1) is 0 Å². The van der Waals surface area contributed by atoms with E-state index in [0.29, 0.717) is 24.3 Å². The fourth-order valence-electron chi connectivity index (χ4n) is 4.10. The minimum Gasteiger partial charge on any atom is -0.495 e. The first kappa shape index (κ1) is 21.7. The highest BCUT2D eigenvalue weighted by atomic mass is 19.2. The van der Waals surface area contributed by atoms with Crippen molar-refractivity contribution in [2.75, 3.05) is 13.7 Å². The highest BCUT2D eigenvalue weighted by Crippen LogP contribution is 2.31. The summed E-state index contributed by atoms with van der Waals surface area (Å²) in [4.78, 5) is 19.0. The zero-order chi connectivity index (χ0) is 22.8. The number of hydrogen-bond acceptors (Lipinski definition) is 3. The van der Waals surface area contributed by atoms with Gasteiger partial charge in [-0.05, 0) is 56.5 Å². The molecule has 0 unspecified atom stereocenters. The number of imidazole rings is 1. The highest BCUT2D eigenvalue weighted by Gasteiger charge is 2.29. The molecule has 4 rings (SSSR count). The van der Waals surface area contributed by atoms with Crippen LogP contribution in [0.3, 0.4) is 0 Å². The number of halogens is 2. The van der Waals surface area contributed by atoms with Gasteiger partial charge < -0.3 is 14.2 Å². The number of rotatable bonds is 5. The van der Waals surface area contributed by atoms with Gasteiger partial charge >= 0.3 is 0 Å². The number of ether oxygens (including phenoxy) is 1. The summed E-state index contributed by atoms with van der Waals surface area (Å²) in [6, 6.07) is 9.21. The Labute approximate surface area is 186 Å². The Hall–Kier alpha value is -3.48. The van der Waals surface area contributed by atoms with Crippen LogP contribution >= 0.6 is 0 Å².